The number of ether oxygens (including phenoxy) is 1. The topological polar surface area (TPSA) is 48.1 Å². The van der Waals surface area contributed by atoms with E-state index in [2.05, 4.69) is 25.8 Å². The van der Waals surface area contributed by atoms with Gasteiger partial charge in [0.1, 0.15) is 5.75 Å². The Bertz CT molecular complexity index is 411. The Morgan fingerprint density at radius 1 is 1.37 bits per heavy atom. The highest BCUT2D eigenvalue weighted by atomic mass is 16.5. The molecule has 1 aliphatic carbocycles. The predicted octanol–water partition coefficient (Wildman–Crippen LogP) is 3.69. The molecule has 2 N–H and O–H groups in total. The van der Waals surface area contributed by atoms with Gasteiger partial charge in [0.2, 0.25) is 0 Å². The smallest absolute Gasteiger partial charge is 0.138 e. The lowest BCUT2D eigenvalue weighted by Crippen LogP contribution is -2.34. The summed E-state index contributed by atoms with van der Waals surface area (Å²) in [5, 5.41) is 0. The van der Waals surface area contributed by atoms with Crippen LogP contribution in [0.4, 0.5) is 0 Å². The van der Waals surface area contributed by atoms with Crippen molar-refractivity contribution in [3.8, 4) is 5.75 Å². The van der Waals surface area contributed by atoms with Crippen molar-refractivity contribution in [2.45, 2.75) is 59.1 Å². The highest BCUT2D eigenvalue weighted by Gasteiger charge is 2.33. The van der Waals surface area contributed by atoms with Crippen LogP contribution in [0.2, 0.25) is 0 Å². The molecule has 1 heterocycles. The van der Waals surface area contributed by atoms with E-state index in [0.29, 0.717) is 11.5 Å². The van der Waals surface area contributed by atoms with E-state index in [-0.39, 0.29) is 6.04 Å². The molecule has 0 bridgehead atoms. The van der Waals surface area contributed by atoms with Crippen LogP contribution in [0, 0.1) is 11.3 Å². The normalized spacial score (nSPS) is 27.8. The first-order chi connectivity index (χ1) is 8.85. The van der Waals surface area contributed by atoms with Crippen molar-refractivity contribution in [1.82, 2.24) is 4.98 Å². The molecule has 1 aromatic heterocycles. The summed E-state index contributed by atoms with van der Waals surface area (Å²) in [5.41, 5.74) is 7.08. The standard InChI is InChI=1S/C16H26N2O/c1-11-7-14(9-16(3,4)8-11)19-13-5-6-15(12(2)17)18-10-13/h5-6,10-12,14H,7-9,17H2,1-4H3. The van der Waals surface area contributed by atoms with Crippen LogP contribution < -0.4 is 10.5 Å². The summed E-state index contributed by atoms with van der Waals surface area (Å²) in [6, 6.07) is 3.91. The van der Waals surface area contributed by atoms with Crippen molar-refractivity contribution in [1.29, 1.82) is 0 Å². The van der Waals surface area contributed by atoms with E-state index in [1.807, 2.05) is 19.1 Å². The van der Waals surface area contributed by atoms with Gasteiger partial charge < -0.3 is 10.5 Å². The molecule has 2 rings (SSSR count). The molecule has 1 aliphatic rings. The van der Waals surface area contributed by atoms with Crippen LogP contribution in [0.15, 0.2) is 18.3 Å². The summed E-state index contributed by atoms with van der Waals surface area (Å²) >= 11 is 0. The molecule has 3 nitrogen and oxygen atoms in total. The van der Waals surface area contributed by atoms with Crippen molar-refractivity contribution in [3.05, 3.63) is 24.0 Å². The maximum atomic E-state index is 6.09. The summed E-state index contributed by atoms with van der Waals surface area (Å²) in [5.74, 6) is 1.59. The van der Waals surface area contributed by atoms with Crippen LogP contribution in [-0.2, 0) is 0 Å². The molecule has 0 aliphatic heterocycles. The molecule has 0 radical (unpaired) electrons. The predicted molar refractivity (Wildman–Crippen MR) is 78.1 cm³/mol. The van der Waals surface area contributed by atoms with E-state index in [4.69, 9.17) is 10.5 Å². The molecule has 3 heteroatoms. The van der Waals surface area contributed by atoms with Gasteiger partial charge in [0.25, 0.3) is 0 Å². The Kier molecular flexibility index (Phi) is 4.14. The summed E-state index contributed by atoms with van der Waals surface area (Å²) < 4.78 is 6.09. The van der Waals surface area contributed by atoms with Crippen LogP contribution in [0.5, 0.6) is 5.75 Å². The minimum absolute atomic E-state index is 0.0253. The number of hydrogen-bond donors (Lipinski definition) is 1. The Morgan fingerprint density at radius 3 is 2.63 bits per heavy atom. The number of aromatic nitrogens is 1. The van der Waals surface area contributed by atoms with E-state index >= 15 is 0 Å². The molecule has 106 valence electrons. The van der Waals surface area contributed by atoms with Crippen molar-refractivity contribution in [3.63, 3.8) is 0 Å². The average molecular weight is 262 g/mol. The highest BCUT2D eigenvalue weighted by Crippen LogP contribution is 2.39. The Balaban J connectivity index is 2.00. The Hall–Kier alpha value is -1.09. The van der Waals surface area contributed by atoms with Crippen molar-refractivity contribution < 1.29 is 4.74 Å². The van der Waals surface area contributed by atoms with Crippen LogP contribution >= 0.6 is 0 Å². The second-order valence-electron chi connectivity index (χ2n) is 6.86. The maximum absolute atomic E-state index is 6.09. The fourth-order valence-electron chi connectivity index (χ4n) is 3.27. The molecule has 1 saturated carbocycles. The van der Waals surface area contributed by atoms with Crippen LogP contribution in [0.1, 0.15) is 58.7 Å². The number of pyridine rings is 1. The van der Waals surface area contributed by atoms with E-state index in [1.54, 1.807) is 6.20 Å². The molecular weight excluding hydrogens is 236 g/mol. The average Bonchev–Trinajstić information content (AvgIpc) is 2.26. The Labute approximate surface area is 116 Å². The molecule has 0 amide bonds. The highest BCUT2D eigenvalue weighted by molar-refractivity contribution is 5.21. The fraction of sp³-hybridized carbons (Fsp3) is 0.688. The number of rotatable bonds is 3. The summed E-state index contributed by atoms with van der Waals surface area (Å²) in [7, 11) is 0. The Morgan fingerprint density at radius 2 is 2.11 bits per heavy atom. The quantitative estimate of drug-likeness (QED) is 0.903. The largest absolute Gasteiger partial charge is 0.489 e. The second kappa shape index (κ2) is 5.49. The first-order valence-corrected chi connectivity index (χ1v) is 7.24. The number of hydrogen-bond acceptors (Lipinski definition) is 3. The minimum Gasteiger partial charge on any atom is -0.489 e. The molecule has 0 aromatic carbocycles. The van der Waals surface area contributed by atoms with Gasteiger partial charge in [-0.1, -0.05) is 20.8 Å². The first kappa shape index (κ1) is 14.3. The lowest BCUT2D eigenvalue weighted by Gasteiger charge is -2.38. The minimum atomic E-state index is -0.0253. The second-order valence-corrected chi connectivity index (χ2v) is 6.86. The third kappa shape index (κ3) is 3.93. The van der Waals surface area contributed by atoms with Crippen molar-refractivity contribution in [2.24, 2.45) is 17.1 Å². The van der Waals surface area contributed by atoms with Crippen molar-refractivity contribution >= 4 is 0 Å². The van der Waals surface area contributed by atoms with Gasteiger partial charge in [-0.3, -0.25) is 4.98 Å². The summed E-state index contributed by atoms with van der Waals surface area (Å²) in [6.07, 6.45) is 5.64. The third-order valence-electron chi connectivity index (χ3n) is 3.88. The number of nitrogens with two attached hydrogens (primary N) is 1. The number of nitrogens with zero attached hydrogens (tertiary/aromatic N) is 1. The lowest BCUT2D eigenvalue weighted by atomic mass is 9.71. The van der Waals surface area contributed by atoms with Gasteiger partial charge in [0, 0.05) is 6.04 Å². The first-order valence-electron chi connectivity index (χ1n) is 7.24. The van der Waals surface area contributed by atoms with E-state index < -0.39 is 0 Å². The van der Waals surface area contributed by atoms with Gasteiger partial charge in [0.05, 0.1) is 18.0 Å². The fourth-order valence-corrected chi connectivity index (χ4v) is 3.27. The zero-order chi connectivity index (χ0) is 14.0. The van der Waals surface area contributed by atoms with Crippen LogP contribution in [-0.4, -0.2) is 11.1 Å². The van der Waals surface area contributed by atoms with Gasteiger partial charge in [-0.05, 0) is 49.7 Å². The zero-order valence-electron chi connectivity index (χ0n) is 12.5. The van der Waals surface area contributed by atoms with Crippen LogP contribution in [0.3, 0.4) is 0 Å². The monoisotopic (exact) mass is 262 g/mol. The van der Waals surface area contributed by atoms with Gasteiger partial charge in [-0.15, -0.1) is 0 Å². The molecule has 3 unspecified atom stereocenters. The molecule has 3 atom stereocenters. The molecule has 0 saturated heterocycles. The van der Waals surface area contributed by atoms with Crippen LogP contribution in [0.25, 0.3) is 0 Å². The molecule has 1 aromatic rings. The third-order valence-corrected chi connectivity index (χ3v) is 3.88. The zero-order valence-corrected chi connectivity index (χ0v) is 12.5. The van der Waals surface area contributed by atoms with Gasteiger partial charge in [-0.2, -0.15) is 0 Å². The molecule has 0 spiro atoms. The van der Waals surface area contributed by atoms with Gasteiger partial charge in [0.15, 0.2) is 0 Å². The SMILES string of the molecule is CC1CC(Oc2ccc(C(C)N)nc2)CC(C)(C)C1. The van der Waals surface area contributed by atoms with E-state index in [1.165, 1.54) is 6.42 Å². The van der Waals surface area contributed by atoms with Crippen molar-refractivity contribution in [2.75, 3.05) is 0 Å². The molecular formula is C16H26N2O. The molecule has 1 fully saturated rings. The van der Waals surface area contributed by atoms with Gasteiger partial charge in [-0.25, -0.2) is 0 Å². The van der Waals surface area contributed by atoms with Gasteiger partial charge >= 0.3 is 0 Å². The molecule has 19 heavy (non-hydrogen) atoms. The maximum Gasteiger partial charge on any atom is 0.138 e. The lowest BCUT2D eigenvalue weighted by molar-refractivity contribution is 0.0560. The van der Waals surface area contributed by atoms with E-state index in [0.717, 1.165) is 30.2 Å². The summed E-state index contributed by atoms with van der Waals surface area (Å²) in [4.78, 5) is 4.35. The van der Waals surface area contributed by atoms with E-state index in [9.17, 15) is 0 Å². The summed E-state index contributed by atoms with van der Waals surface area (Å²) in [6.45, 7) is 8.91.